The van der Waals surface area contributed by atoms with Crippen molar-refractivity contribution >= 4 is 21.6 Å². The Labute approximate surface area is 171 Å². The van der Waals surface area contributed by atoms with E-state index in [1.807, 2.05) is 24.3 Å². The lowest BCUT2D eigenvalue weighted by Gasteiger charge is -2.20. The zero-order valence-electron chi connectivity index (χ0n) is 16.7. The highest BCUT2D eigenvalue weighted by Crippen LogP contribution is 2.33. The van der Waals surface area contributed by atoms with Crippen LogP contribution in [-0.4, -0.2) is 41.6 Å². The highest BCUT2D eigenvalue weighted by Gasteiger charge is 2.26. The Bertz CT molecular complexity index is 975. The molecule has 1 aliphatic rings. The monoisotopic (exact) mass is 418 g/mol. The van der Waals surface area contributed by atoms with Crippen LogP contribution in [0.3, 0.4) is 0 Å². The average molecular weight is 419 g/mol. The van der Waals surface area contributed by atoms with E-state index in [2.05, 4.69) is 4.72 Å². The number of nitrogens with zero attached hydrogens (tertiary/aromatic N) is 1. The third-order valence-electron chi connectivity index (χ3n) is 4.89. The summed E-state index contributed by atoms with van der Waals surface area (Å²) in [5.74, 6) is 1.24. The fraction of sp³-hybridized carbons (Fsp3) is 0.381. The van der Waals surface area contributed by atoms with Crippen LogP contribution in [-0.2, 0) is 21.2 Å². The molecule has 2 aromatic carbocycles. The summed E-state index contributed by atoms with van der Waals surface area (Å²) >= 11 is 0. The van der Waals surface area contributed by atoms with Crippen LogP contribution in [0.5, 0.6) is 11.5 Å². The number of carbonyl (C=O) groups is 1. The van der Waals surface area contributed by atoms with Gasteiger partial charge in [-0.15, -0.1) is 0 Å². The molecule has 29 heavy (non-hydrogen) atoms. The van der Waals surface area contributed by atoms with Crippen molar-refractivity contribution in [3.8, 4) is 11.5 Å². The summed E-state index contributed by atoms with van der Waals surface area (Å²) in [5, 5.41) is 0. The van der Waals surface area contributed by atoms with Crippen molar-refractivity contribution in [3.63, 3.8) is 0 Å². The molecule has 0 spiro atoms. The molecule has 0 saturated carbocycles. The minimum absolute atomic E-state index is 0.0240. The predicted molar refractivity (Wildman–Crippen MR) is 111 cm³/mol. The predicted octanol–water partition coefficient (Wildman–Crippen LogP) is 2.74. The summed E-state index contributed by atoms with van der Waals surface area (Å²) in [6.07, 6.45) is 2.60. The van der Waals surface area contributed by atoms with E-state index >= 15 is 0 Å². The number of benzene rings is 2. The van der Waals surface area contributed by atoms with Gasteiger partial charge in [0, 0.05) is 19.5 Å². The van der Waals surface area contributed by atoms with Crippen LogP contribution >= 0.6 is 0 Å². The molecule has 0 aliphatic carbocycles. The van der Waals surface area contributed by atoms with Crippen molar-refractivity contribution < 1.29 is 22.7 Å². The van der Waals surface area contributed by atoms with Crippen molar-refractivity contribution in [2.75, 3.05) is 32.2 Å². The van der Waals surface area contributed by atoms with Crippen LogP contribution in [0.15, 0.2) is 47.4 Å². The third-order valence-corrected chi connectivity index (χ3v) is 6.35. The van der Waals surface area contributed by atoms with Crippen molar-refractivity contribution in [2.45, 2.75) is 30.6 Å². The summed E-state index contributed by atoms with van der Waals surface area (Å²) in [4.78, 5) is 13.8. The summed E-state index contributed by atoms with van der Waals surface area (Å²) in [7, 11) is -0.569. The summed E-state index contributed by atoms with van der Waals surface area (Å²) < 4.78 is 38.6. The van der Waals surface area contributed by atoms with E-state index in [4.69, 9.17) is 9.47 Å². The van der Waals surface area contributed by atoms with Crippen LogP contribution in [0.2, 0.25) is 0 Å². The molecule has 0 bridgehead atoms. The maximum atomic E-state index is 12.7. The number of ether oxygens (including phenoxy) is 2. The van der Waals surface area contributed by atoms with Crippen molar-refractivity contribution in [1.82, 2.24) is 4.72 Å². The van der Waals surface area contributed by atoms with E-state index in [0.29, 0.717) is 37.4 Å². The van der Waals surface area contributed by atoms with Gasteiger partial charge in [0.15, 0.2) is 0 Å². The molecule has 7 nitrogen and oxygen atoms in total. The molecule has 0 radical (unpaired) electrons. The van der Waals surface area contributed by atoms with Crippen molar-refractivity contribution in [2.24, 2.45) is 0 Å². The first-order chi connectivity index (χ1) is 13.9. The van der Waals surface area contributed by atoms with Crippen LogP contribution in [0.1, 0.15) is 24.8 Å². The number of nitrogens with one attached hydrogen (secondary N) is 1. The molecule has 2 aromatic rings. The Morgan fingerprint density at radius 1 is 1.10 bits per heavy atom. The Morgan fingerprint density at radius 2 is 1.93 bits per heavy atom. The second-order valence-electron chi connectivity index (χ2n) is 6.84. The standard InChI is InChI=1S/C21H26N2O5S/c1-27-17-8-3-6-16(14-17)7-4-12-22-29(25,26)18-10-11-20(28-2)19(15-18)23-13-5-9-21(23)24/h3,6,8,10-11,14-15,22H,4-5,7,9,12-13H2,1-2H3. The number of rotatable bonds is 9. The van der Waals surface area contributed by atoms with Gasteiger partial charge in [-0.3, -0.25) is 4.79 Å². The second kappa shape index (κ2) is 9.28. The zero-order chi connectivity index (χ0) is 20.9. The van der Waals surface area contributed by atoms with Gasteiger partial charge in [0.25, 0.3) is 0 Å². The topological polar surface area (TPSA) is 84.9 Å². The van der Waals surface area contributed by atoms with Gasteiger partial charge in [0.05, 0.1) is 24.8 Å². The minimum Gasteiger partial charge on any atom is -0.497 e. The summed E-state index contributed by atoms with van der Waals surface area (Å²) in [5.41, 5.74) is 1.58. The van der Waals surface area contributed by atoms with Crippen LogP contribution in [0.4, 0.5) is 5.69 Å². The highest BCUT2D eigenvalue weighted by atomic mass is 32.2. The maximum Gasteiger partial charge on any atom is 0.240 e. The SMILES string of the molecule is COc1cccc(CCCNS(=O)(=O)c2ccc(OC)c(N3CCCC3=O)c2)c1. The molecule has 156 valence electrons. The number of methoxy groups -OCH3 is 2. The molecular weight excluding hydrogens is 392 g/mol. The molecule has 8 heteroatoms. The fourth-order valence-electron chi connectivity index (χ4n) is 3.36. The van der Waals surface area contributed by atoms with E-state index in [-0.39, 0.29) is 10.8 Å². The number of anilines is 1. The molecule has 0 unspecified atom stereocenters. The number of sulfonamides is 1. The van der Waals surface area contributed by atoms with Gasteiger partial charge in [0.1, 0.15) is 11.5 Å². The van der Waals surface area contributed by atoms with Gasteiger partial charge >= 0.3 is 0 Å². The smallest absolute Gasteiger partial charge is 0.240 e. The molecule has 1 amide bonds. The fourth-order valence-corrected chi connectivity index (χ4v) is 4.45. The third kappa shape index (κ3) is 5.07. The highest BCUT2D eigenvalue weighted by molar-refractivity contribution is 7.89. The largest absolute Gasteiger partial charge is 0.497 e. The molecular formula is C21H26N2O5S. The quantitative estimate of drug-likeness (QED) is 0.633. The van der Waals surface area contributed by atoms with Gasteiger partial charge in [0.2, 0.25) is 15.9 Å². The zero-order valence-corrected chi connectivity index (χ0v) is 17.5. The molecule has 1 fully saturated rings. The molecule has 0 atom stereocenters. The van der Waals surface area contributed by atoms with E-state index in [9.17, 15) is 13.2 Å². The molecule has 3 rings (SSSR count). The van der Waals surface area contributed by atoms with Crippen molar-refractivity contribution in [3.05, 3.63) is 48.0 Å². The maximum absolute atomic E-state index is 12.7. The lowest BCUT2D eigenvalue weighted by atomic mass is 10.1. The number of aryl methyl sites for hydroxylation is 1. The van der Waals surface area contributed by atoms with Crippen molar-refractivity contribution in [1.29, 1.82) is 0 Å². The first kappa shape index (κ1) is 21.1. The number of hydrogen-bond donors (Lipinski definition) is 1. The number of amides is 1. The van der Waals surface area contributed by atoms with E-state index < -0.39 is 10.0 Å². The van der Waals surface area contributed by atoms with Crippen LogP contribution in [0, 0.1) is 0 Å². The Balaban J connectivity index is 1.66. The van der Waals surface area contributed by atoms with Crippen LogP contribution < -0.4 is 19.1 Å². The average Bonchev–Trinajstić information content (AvgIpc) is 3.16. The minimum atomic E-state index is -3.69. The van der Waals surface area contributed by atoms with E-state index in [1.165, 1.54) is 19.2 Å². The molecule has 1 N–H and O–H groups in total. The molecule has 1 heterocycles. The van der Waals surface area contributed by atoms with Gasteiger partial charge in [-0.1, -0.05) is 12.1 Å². The summed E-state index contributed by atoms with van der Waals surface area (Å²) in [6.45, 7) is 0.871. The Kier molecular flexibility index (Phi) is 6.76. The van der Waals surface area contributed by atoms with Gasteiger partial charge in [-0.25, -0.2) is 13.1 Å². The Morgan fingerprint density at radius 3 is 2.62 bits per heavy atom. The first-order valence-corrected chi connectivity index (χ1v) is 11.0. The number of hydrogen-bond acceptors (Lipinski definition) is 5. The normalized spacial score (nSPS) is 14.3. The molecule has 0 aromatic heterocycles. The lowest BCUT2D eigenvalue weighted by Crippen LogP contribution is -2.27. The lowest BCUT2D eigenvalue weighted by molar-refractivity contribution is -0.117. The van der Waals surface area contributed by atoms with Gasteiger partial charge in [-0.05, 0) is 55.2 Å². The number of carbonyl (C=O) groups excluding carboxylic acids is 1. The van der Waals surface area contributed by atoms with E-state index in [1.54, 1.807) is 18.1 Å². The molecule has 1 saturated heterocycles. The molecule has 1 aliphatic heterocycles. The van der Waals surface area contributed by atoms with E-state index in [0.717, 1.165) is 24.2 Å². The van der Waals surface area contributed by atoms with Gasteiger partial charge < -0.3 is 14.4 Å². The first-order valence-electron chi connectivity index (χ1n) is 9.55. The Hall–Kier alpha value is -2.58. The van der Waals surface area contributed by atoms with Crippen LogP contribution in [0.25, 0.3) is 0 Å². The summed E-state index contributed by atoms with van der Waals surface area (Å²) in [6, 6.07) is 12.3. The second-order valence-corrected chi connectivity index (χ2v) is 8.60. The van der Waals surface area contributed by atoms with Gasteiger partial charge in [-0.2, -0.15) is 0 Å².